The fourth-order valence-electron chi connectivity index (χ4n) is 3.00. The highest BCUT2D eigenvalue weighted by molar-refractivity contribution is 7.89. The first kappa shape index (κ1) is 22.5. The molecule has 0 unspecified atom stereocenters. The van der Waals surface area contributed by atoms with Crippen LogP contribution in [0, 0.1) is 13.8 Å². The Hall–Kier alpha value is -2.78. The second kappa shape index (κ2) is 8.30. The molecule has 1 N–H and O–H groups in total. The Morgan fingerprint density at radius 3 is 2.28 bits per heavy atom. The number of benzene rings is 1. The molecule has 1 heterocycles. The zero-order chi connectivity index (χ0) is 22.1. The number of ketones is 2. The minimum atomic E-state index is -3.71. The number of esters is 1. The van der Waals surface area contributed by atoms with Gasteiger partial charge in [0.2, 0.25) is 15.8 Å². The summed E-state index contributed by atoms with van der Waals surface area (Å²) in [5.41, 5.74) is 1.72. The predicted octanol–water partition coefficient (Wildman–Crippen LogP) is 2.51. The fraction of sp³-hybridized carbons (Fsp3) is 0.350. The monoisotopic (exact) mass is 420 g/mol. The Bertz CT molecular complexity index is 1080. The molecule has 0 amide bonds. The minimum Gasteiger partial charge on any atom is -0.451 e. The third-order valence-corrected chi connectivity index (χ3v) is 6.35. The van der Waals surface area contributed by atoms with Crippen molar-refractivity contribution in [3.05, 3.63) is 52.3 Å². The van der Waals surface area contributed by atoms with Crippen molar-refractivity contribution in [1.29, 1.82) is 0 Å². The fourth-order valence-corrected chi connectivity index (χ4v) is 3.95. The Morgan fingerprint density at radius 2 is 1.76 bits per heavy atom. The second-order valence-corrected chi connectivity index (χ2v) is 9.06. The van der Waals surface area contributed by atoms with E-state index in [0.29, 0.717) is 16.8 Å². The van der Waals surface area contributed by atoms with Gasteiger partial charge in [0.25, 0.3) is 0 Å². The number of H-pyrrole nitrogens is 1. The number of aromatic amines is 1. The van der Waals surface area contributed by atoms with E-state index in [2.05, 4.69) is 4.98 Å². The number of sulfonamides is 1. The molecule has 1 aromatic heterocycles. The average Bonchev–Trinajstić information content (AvgIpc) is 2.95. The lowest BCUT2D eigenvalue weighted by molar-refractivity contribution is 0.0316. The molecule has 0 fully saturated rings. The highest BCUT2D eigenvalue weighted by atomic mass is 32.2. The van der Waals surface area contributed by atoms with Crippen molar-refractivity contribution >= 4 is 27.6 Å². The number of hydrogen-bond donors (Lipinski definition) is 1. The van der Waals surface area contributed by atoms with E-state index in [0.717, 1.165) is 4.31 Å². The maximum Gasteiger partial charge on any atom is 0.338 e. The van der Waals surface area contributed by atoms with Crippen molar-refractivity contribution in [2.45, 2.75) is 38.7 Å². The van der Waals surface area contributed by atoms with Gasteiger partial charge in [0, 0.05) is 25.4 Å². The number of aryl methyl sites for hydroxylation is 1. The summed E-state index contributed by atoms with van der Waals surface area (Å²) in [7, 11) is -0.943. The summed E-state index contributed by atoms with van der Waals surface area (Å²) in [4.78, 5) is 39.7. The van der Waals surface area contributed by atoms with E-state index in [-0.39, 0.29) is 21.9 Å². The normalized spacial score (nSPS) is 12.7. The van der Waals surface area contributed by atoms with Gasteiger partial charge in [-0.3, -0.25) is 9.59 Å². The molecule has 0 radical (unpaired) electrons. The quantitative estimate of drug-likeness (QED) is 0.544. The molecule has 2 aromatic rings. The summed E-state index contributed by atoms with van der Waals surface area (Å²) in [5, 5.41) is 0. The van der Waals surface area contributed by atoms with E-state index < -0.39 is 27.9 Å². The molecule has 1 atom stereocenters. The van der Waals surface area contributed by atoms with Gasteiger partial charge in [-0.15, -0.1) is 0 Å². The number of nitrogens with zero attached hydrogens (tertiary/aromatic N) is 1. The maximum atomic E-state index is 12.7. The summed E-state index contributed by atoms with van der Waals surface area (Å²) in [6, 6.07) is 5.41. The highest BCUT2D eigenvalue weighted by Crippen LogP contribution is 2.21. The van der Waals surface area contributed by atoms with Crippen LogP contribution in [0.25, 0.3) is 0 Å². The molecule has 0 saturated heterocycles. The number of aromatic nitrogens is 1. The molecule has 156 valence electrons. The van der Waals surface area contributed by atoms with Gasteiger partial charge in [0.05, 0.1) is 16.2 Å². The first-order valence-corrected chi connectivity index (χ1v) is 10.3. The van der Waals surface area contributed by atoms with Gasteiger partial charge in [-0.1, -0.05) is 6.07 Å². The average molecular weight is 420 g/mol. The van der Waals surface area contributed by atoms with Gasteiger partial charge in [0.15, 0.2) is 11.9 Å². The maximum absolute atomic E-state index is 12.7. The van der Waals surface area contributed by atoms with Crippen LogP contribution in [-0.2, 0) is 14.8 Å². The highest BCUT2D eigenvalue weighted by Gasteiger charge is 2.27. The van der Waals surface area contributed by atoms with Crippen molar-refractivity contribution in [2.75, 3.05) is 14.1 Å². The van der Waals surface area contributed by atoms with E-state index in [1.165, 1.54) is 52.2 Å². The Morgan fingerprint density at radius 1 is 1.14 bits per heavy atom. The summed E-state index contributed by atoms with van der Waals surface area (Å²) in [6.07, 6.45) is -1.13. The van der Waals surface area contributed by atoms with Gasteiger partial charge in [-0.2, -0.15) is 0 Å². The van der Waals surface area contributed by atoms with E-state index in [1.54, 1.807) is 13.8 Å². The first-order valence-electron chi connectivity index (χ1n) is 8.85. The number of hydrogen-bond acceptors (Lipinski definition) is 6. The van der Waals surface area contributed by atoms with Crippen molar-refractivity contribution in [1.82, 2.24) is 9.29 Å². The van der Waals surface area contributed by atoms with Gasteiger partial charge < -0.3 is 9.72 Å². The molecule has 29 heavy (non-hydrogen) atoms. The molecule has 8 nitrogen and oxygen atoms in total. The van der Waals surface area contributed by atoms with Crippen molar-refractivity contribution in [2.24, 2.45) is 0 Å². The molecule has 0 bridgehead atoms. The van der Waals surface area contributed by atoms with Crippen LogP contribution in [-0.4, -0.2) is 55.4 Å². The molecule has 2 rings (SSSR count). The van der Waals surface area contributed by atoms with Gasteiger partial charge in [-0.05, 0) is 51.5 Å². The lowest BCUT2D eigenvalue weighted by Gasteiger charge is -2.14. The molecule has 0 saturated carbocycles. The van der Waals surface area contributed by atoms with Crippen LogP contribution in [0.5, 0.6) is 0 Å². The number of nitrogens with one attached hydrogen (secondary N) is 1. The topological polar surface area (TPSA) is 114 Å². The third-order valence-electron chi connectivity index (χ3n) is 4.54. The van der Waals surface area contributed by atoms with Crippen molar-refractivity contribution in [3.8, 4) is 0 Å². The number of Topliss-reactive ketones (excluding diaryl/α,β-unsaturated/α-hetero) is 2. The molecular formula is C20H24N2O6S. The summed E-state index contributed by atoms with van der Waals surface area (Å²) < 4.78 is 30.8. The van der Waals surface area contributed by atoms with Crippen LogP contribution in [0.4, 0.5) is 0 Å². The van der Waals surface area contributed by atoms with Crippen LogP contribution in [0.15, 0.2) is 29.2 Å². The van der Waals surface area contributed by atoms with E-state index >= 15 is 0 Å². The molecule has 0 aliphatic rings. The van der Waals surface area contributed by atoms with Crippen molar-refractivity contribution in [3.63, 3.8) is 0 Å². The lowest BCUT2D eigenvalue weighted by atomic mass is 10.0. The Labute approximate surface area is 169 Å². The SMILES string of the molecule is CC(=O)c1c(C)[nH]c(C(=O)[C@@H](C)OC(=O)c2cccc(S(=O)(=O)N(C)C)c2)c1C. The Kier molecular flexibility index (Phi) is 6.44. The number of rotatable bonds is 7. The van der Waals surface area contributed by atoms with Crippen molar-refractivity contribution < 1.29 is 27.5 Å². The molecule has 9 heteroatoms. The number of carbonyl (C=O) groups is 3. The molecule has 0 aliphatic heterocycles. The van der Waals surface area contributed by atoms with Gasteiger partial charge in [-0.25, -0.2) is 17.5 Å². The van der Waals surface area contributed by atoms with Crippen LogP contribution < -0.4 is 0 Å². The van der Waals surface area contributed by atoms with Crippen LogP contribution >= 0.6 is 0 Å². The molecular weight excluding hydrogens is 396 g/mol. The molecule has 0 aliphatic carbocycles. The predicted molar refractivity (Wildman–Crippen MR) is 107 cm³/mol. The van der Waals surface area contributed by atoms with Gasteiger partial charge in [0.1, 0.15) is 0 Å². The molecule has 1 aromatic carbocycles. The largest absolute Gasteiger partial charge is 0.451 e. The lowest BCUT2D eigenvalue weighted by Crippen LogP contribution is -2.26. The van der Waals surface area contributed by atoms with E-state index in [1.807, 2.05) is 0 Å². The van der Waals surface area contributed by atoms with Crippen LogP contribution in [0.2, 0.25) is 0 Å². The summed E-state index contributed by atoms with van der Waals surface area (Å²) in [5.74, 6) is -1.48. The summed E-state index contributed by atoms with van der Waals surface area (Å²) >= 11 is 0. The Balaban J connectivity index is 2.25. The smallest absolute Gasteiger partial charge is 0.338 e. The molecule has 0 spiro atoms. The number of carbonyl (C=O) groups excluding carboxylic acids is 3. The number of ether oxygens (including phenoxy) is 1. The second-order valence-electron chi connectivity index (χ2n) is 6.91. The van der Waals surface area contributed by atoms with Crippen LogP contribution in [0.3, 0.4) is 0 Å². The van der Waals surface area contributed by atoms with Gasteiger partial charge >= 0.3 is 5.97 Å². The third kappa shape index (κ3) is 4.46. The minimum absolute atomic E-state index is 0.0105. The zero-order valence-corrected chi connectivity index (χ0v) is 18.0. The first-order chi connectivity index (χ1) is 13.4. The zero-order valence-electron chi connectivity index (χ0n) is 17.2. The standard InChI is InChI=1S/C20H24N2O6S/c1-11-17(13(3)23)12(2)21-18(11)19(24)14(4)28-20(25)15-8-7-9-16(10-15)29(26,27)22(5)6/h7-10,14,21H,1-6H3/t14-/m1/s1. The van der Waals surface area contributed by atoms with E-state index in [9.17, 15) is 22.8 Å². The van der Waals surface area contributed by atoms with E-state index in [4.69, 9.17) is 4.74 Å². The summed E-state index contributed by atoms with van der Waals surface area (Å²) in [6.45, 7) is 6.17. The van der Waals surface area contributed by atoms with Crippen LogP contribution in [0.1, 0.15) is 56.3 Å².